The Hall–Kier alpha value is -1.97. The molecule has 0 amide bonds. The lowest BCUT2D eigenvalue weighted by molar-refractivity contribution is -0.136. The van der Waals surface area contributed by atoms with Crippen molar-refractivity contribution in [1.82, 2.24) is 0 Å². The highest BCUT2D eigenvalue weighted by molar-refractivity contribution is 5.67. The van der Waals surface area contributed by atoms with E-state index in [4.69, 9.17) is 14.6 Å². The van der Waals surface area contributed by atoms with Gasteiger partial charge in [-0.3, -0.25) is 4.79 Å². The lowest BCUT2D eigenvalue weighted by atomic mass is 10.1. The second kappa shape index (κ2) is 6.58. The molecule has 4 nitrogen and oxygen atoms in total. The first-order valence-corrected chi connectivity index (χ1v) is 5.27. The fourth-order valence-corrected chi connectivity index (χ4v) is 1.37. The normalized spacial score (nSPS) is 10.5. The monoisotopic (exact) mass is 236 g/mol. The minimum Gasteiger partial charge on any atom is -0.497 e. The van der Waals surface area contributed by atoms with Gasteiger partial charge >= 0.3 is 5.97 Å². The number of allylic oxidation sites excluding steroid dienone is 1. The fourth-order valence-electron chi connectivity index (χ4n) is 1.37. The molecule has 0 saturated heterocycles. The molecule has 0 aliphatic rings. The highest BCUT2D eigenvalue weighted by Gasteiger charge is 2.01. The molecule has 0 aromatic heterocycles. The Kier molecular flexibility index (Phi) is 5.07. The maximum Gasteiger partial charge on any atom is 0.303 e. The number of methoxy groups -OCH3 is 2. The molecule has 1 aromatic carbocycles. The lowest BCUT2D eigenvalue weighted by Crippen LogP contribution is -1.92. The number of rotatable bonds is 6. The Morgan fingerprint density at radius 2 is 2.12 bits per heavy atom. The minimum atomic E-state index is -0.795. The minimum absolute atomic E-state index is 0.134. The summed E-state index contributed by atoms with van der Waals surface area (Å²) in [6.45, 7) is 0. The van der Waals surface area contributed by atoms with Gasteiger partial charge in [0.05, 0.1) is 14.2 Å². The van der Waals surface area contributed by atoms with Crippen LogP contribution in [0.15, 0.2) is 24.3 Å². The Bertz CT molecular complexity index is 410. The first-order valence-electron chi connectivity index (χ1n) is 5.27. The van der Waals surface area contributed by atoms with Crippen LogP contribution in [0.4, 0.5) is 0 Å². The van der Waals surface area contributed by atoms with Crippen LogP contribution in [-0.4, -0.2) is 25.3 Å². The predicted molar refractivity (Wildman–Crippen MR) is 65.4 cm³/mol. The van der Waals surface area contributed by atoms with Crippen molar-refractivity contribution >= 4 is 12.0 Å². The number of benzene rings is 1. The van der Waals surface area contributed by atoms with Gasteiger partial charge in [0.25, 0.3) is 0 Å². The summed E-state index contributed by atoms with van der Waals surface area (Å²) in [5.41, 5.74) is 0.902. The summed E-state index contributed by atoms with van der Waals surface area (Å²) < 4.78 is 10.3. The Morgan fingerprint density at radius 1 is 1.35 bits per heavy atom. The molecule has 0 bridgehead atoms. The number of ether oxygens (including phenoxy) is 2. The largest absolute Gasteiger partial charge is 0.497 e. The second-order valence-corrected chi connectivity index (χ2v) is 3.44. The van der Waals surface area contributed by atoms with E-state index in [9.17, 15) is 4.79 Å². The summed E-state index contributed by atoms with van der Waals surface area (Å²) in [4.78, 5) is 10.3. The van der Waals surface area contributed by atoms with Gasteiger partial charge in [-0.05, 0) is 18.6 Å². The van der Waals surface area contributed by atoms with Crippen LogP contribution < -0.4 is 9.47 Å². The number of hydrogen-bond acceptors (Lipinski definition) is 3. The van der Waals surface area contributed by atoms with Gasteiger partial charge in [-0.15, -0.1) is 0 Å². The average molecular weight is 236 g/mol. The van der Waals surface area contributed by atoms with Crippen LogP contribution >= 0.6 is 0 Å². The topological polar surface area (TPSA) is 55.8 Å². The van der Waals surface area contributed by atoms with Crippen LogP contribution in [0.1, 0.15) is 18.4 Å². The SMILES string of the molecule is COc1ccc(C=CCCC(=O)O)c(OC)c1. The summed E-state index contributed by atoms with van der Waals surface area (Å²) in [5, 5.41) is 8.50. The van der Waals surface area contributed by atoms with Gasteiger partial charge in [-0.25, -0.2) is 0 Å². The van der Waals surface area contributed by atoms with E-state index in [1.807, 2.05) is 24.3 Å². The Balaban J connectivity index is 2.73. The first-order chi connectivity index (χ1) is 8.17. The van der Waals surface area contributed by atoms with Crippen LogP contribution in [0.5, 0.6) is 11.5 Å². The predicted octanol–water partition coefficient (Wildman–Crippen LogP) is 2.58. The van der Waals surface area contributed by atoms with Gasteiger partial charge in [-0.2, -0.15) is 0 Å². The lowest BCUT2D eigenvalue weighted by Gasteiger charge is -2.07. The molecule has 0 saturated carbocycles. The molecule has 17 heavy (non-hydrogen) atoms. The van der Waals surface area contributed by atoms with E-state index in [1.54, 1.807) is 20.3 Å². The highest BCUT2D eigenvalue weighted by Crippen LogP contribution is 2.25. The van der Waals surface area contributed by atoms with E-state index in [2.05, 4.69) is 0 Å². The summed E-state index contributed by atoms with van der Waals surface area (Å²) >= 11 is 0. The third-order valence-electron chi connectivity index (χ3n) is 2.26. The molecule has 4 heteroatoms. The zero-order valence-electron chi connectivity index (χ0n) is 9.97. The van der Waals surface area contributed by atoms with Crippen molar-refractivity contribution in [2.75, 3.05) is 14.2 Å². The molecule has 0 heterocycles. The van der Waals surface area contributed by atoms with Gasteiger partial charge in [0.1, 0.15) is 11.5 Å². The van der Waals surface area contributed by atoms with E-state index in [1.165, 1.54) is 0 Å². The van der Waals surface area contributed by atoms with Gasteiger partial charge < -0.3 is 14.6 Å². The molecule has 0 spiro atoms. The molecule has 1 rings (SSSR count). The number of aliphatic carboxylic acids is 1. The average Bonchev–Trinajstić information content (AvgIpc) is 2.34. The molecular formula is C13H16O4. The number of carboxylic acids is 1. The molecular weight excluding hydrogens is 220 g/mol. The maximum atomic E-state index is 10.3. The van der Waals surface area contributed by atoms with Crippen LogP contribution in [-0.2, 0) is 4.79 Å². The molecule has 0 radical (unpaired) electrons. The fraction of sp³-hybridized carbons (Fsp3) is 0.308. The Labute approximate surface area is 100 Å². The molecule has 1 N–H and O–H groups in total. The van der Waals surface area contributed by atoms with E-state index in [0.29, 0.717) is 12.2 Å². The van der Waals surface area contributed by atoms with Crippen molar-refractivity contribution in [1.29, 1.82) is 0 Å². The van der Waals surface area contributed by atoms with Crippen molar-refractivity contribution < 1.29 is 19.4 Å². The third-order valence-corrected chi connectivity index (χ3v) is 2.26. The molecule has 0 aliphatic carbocycles. The molecule has 92 valence electrons. The summed E-state index contributed by atoms with van der Waals surface area (Å²) in [6, 6.07) is 5.49. The first kappa shape index (κ1) is 13.1. The second-order valence-electron chi connectivity index (χ2n) is 3.44. The van der Waals surface area contributed by atoms with E-state index in [-0.39, 0.29) is 6.42 Å². The summed E-state index contributed by atoms with van der Waals surface area (Å²) in [5.74, 6) is 0.636. The van der Waals surface area contributed by atoms with Gasteiger partial charge in [0, 0.05) is 18.1 Å². The Morgan fingerprint density at radius 3 is 2.71 bits per heavy atom. The van der Waals surface area contributed by atoms with Crippen LogP contribution in [0.2, 0.25) is 0 Å². The van der Waals surface area contributed by atoms with Crippen molar-refractivity contribution in [3.63, 3.8) is 0 Å². The van der Waals surface area contributed by atoms with E-state index < -0.39 is 5.97 Å². The van der Waals surface area contributed by atoms with Gasteiger partial charge in [0.15, 0.2) is 0 Å². The zero-order valence-corrected chi connectivity index (χ0v) is 9.97. The number of hydrogen-bond donors (Lipinski definition) is 1. The maximum absolute atomic E-state index is 10.3. The zero-order chi connectivity index (χ0) is 12.7. The van der Waals surface area contributed by atoms with E-state index >= 15 is 0 Å². The van der Waals surface area contributed by atoms with Crippen molar-refractivity contribution in [2.45, 2.75) is 12.8 Å². The summed E-state index contributed by atoms with van der Waals surface area (Å²) in [7, 11) is 3.18. The molecule has 0 unspecified atom stereocenters. The van der Waals surface area contributed by atoms with Crippen molar-refractivity contribution in [3.8, 4) is 11.5 Å². The van der Waals surface area contributed by atoms with Crippen LogP contribution in [0.25, 0.3) is 6.08 Å². The summed E-state index contributed by atoms with van der Waals surface area (Å²) in [6.07, 6.45) is 4.30. The van der Waals surface area contributed by atoms with Crippen molar-refractivity contribution in [3.05, 3.63) is 29.8 Å². The number of carbonyl (C=O) groups is 1. The van der Waals surface area contributed by atoms with E-state index in [0.717, 1.165) is 11.3 Å². The molecule has 0 fully saturated rings. The molecule has 0 aliphatic heterocycles. The number of carboxylic acid groups (broad SMARTS) is 1. The van der Waals surface area contributed by atoms with Crippen molar-refractivity contribution in [2.24, 2.45) is 0 Å². The quantitative estimate of drug-likeness (QED) is 0.824. The molecule has 0 atom stereocenters. The highest BCUT2D eigenvalue weighted by atomic mass is 16.5. The van der Waals surface area contributed by atoms with Gasteiger partial charge in [-0.1, -0.05) is 12.2 Å². The third kappa shape index (κ3) is 4.18. The van der Waals surface area contributed by atoms with Crippen LogP contribution in [0, 0.1) is 0 Å². The molecule has 1 aromatic rings. The van der Waals surface area contributed by atoms with Gasteiger partial charge in [0.2, 0.25) is 0 Å². The standard InChI is InChI=1S/C13H16O4/c1-16-11-8-7-10(12(9-11)17-2)5-3-4-6-13(14)15/h3,5,7-9H,4,6H2,1-2H3,(H,14,15). The smallest absolute Gasteiger partial charge is 0.303 e. The van der Waals surface area contributed by atoms with Crippen LogP contribution in [0.3, 0.4) is 0 Å².